The summed E-state index contributed by atoms with van der Waals surface area (Å²) in [5.74, 6) is 0. The average Bonchev–Trinajstić information content (AvgIpc) is 1.84. The second-order valence-electron chi connectivity index (χ2n) is 2.77. The van der Waals surface area contributed by atoms with Gasteiger partial charge in [-0.15, -0.1) is 0 Å². The van der Waals surface area contributed by atoms with Crippen LogP contribution in [0.5, 0.6) is 0 Å². The summed E-state index contributed by atoms with van der Waals surface area (Å²) in [6.45, 7) is -0.554. The molecule has 0 atom stereocenters. The highest BCUT2D eigenvalue weighted by Crippen LogP contribution is 2.16. The quantitative estimate of drug-likeness (QED) is 0.627. The highest BCUT2D eigenvalue weighted by Gasteiger charge is 2.40. The molecule has 0 aromatic rings. The molecule has 0 aliphatic carbocycles. The first-order chi connectivity index (χ1) is 5.47. The molecule has 3 nitrogen and oxygen atoms in total. The van der Waals surface area contributed by atoms with Crippen molar-refractivity contribution in [3.8, 4) is 6.07 Å². The molecule has 0 unspecified atom stereocenters. The van der Waals surface area contributed by atoms with Crippen LogP contribution < -0.4 is 10.6 Å². The molecule has 1 fully saturated rings. The van der Waals surface area contributed by atoms with E-state index in [-0.39, 0.29) is 13.1 Å². The van der Waals surface area contributed by atoms with Gasteiger partial charge in [0.15, 0.2) is 0 Å². The number of nitrogens with one attached hydrogen (secondary N) is 2. The third-order valence-corrected chi connectivity index (χ3v) is 1.69. The Morgan fingerprint density at radius 3 is 2.33 bits per heavy atom. The first kappa shape index (κ1) is 9.29. The first-order valence-corrected chi connectivity index (χ1v) is 3.41. The number of hydrogen-bond acceptors (Lipinski definition) is 3. The maximum atomic E-state index is 11.7. The fourth-order valence-electron chi connectivity index (χ4n) is 0.888. The predicted octanol–water partition coefficient (Wildman–Crippen LogP) is 0.00388. The molecule has 1 saturated heterocycles. The summed E-state index contributed by atoms with van der Waals surface area (Å²) in [6.07, 6.45) is -4.25. The Morgan fingerprint density at radius 2 is 2.08 bits per heavy atom. The lowest BCUT2D eigenvalue weighted by atomic mass is 9.94. The Bertz CT molecular complexity index is 201. The minimum atomic E-state index is -4.25. The summed E-state index contributed by atoms with van der Waals surface area (Å²) in [7, 11) is 0. The summed E-state index contributed by atoms with van der Waals surface area (Å²) < 4.78 is 35.1. The molecule has 1 heterocycles. The van der Waals surface area contributed by atoms with Crippen LogP contribution in [0.2, 0.25) is 0 Å². The summed E-state index contributed by atoms with van der Waals surface area (Å²) in [5, 5.41) is 13.4. The van der Waals surface area contributed by atoms with Crippen molar-refractivity contribution in [2.45, 2.75) is 11.7 Å². The van der Waals surface area contributed by atoms with Gasteiger partial charge in [0.2, 0.25) is 0 Å². The van der Waals surface area contributed by atoms with Gasteiger partial charge in [-0.3, -0.25) is 5.32 Å². The van der Waals surface area contributed by atoms with Gasteiger partial charge in [0.1, 0.15) is 5.54 Å². The van der Waals surface area contributed by atoms with Gasteiger partial charge >= 0.3 is 6.18 Å². The maximum Gasteiger partial charge on any atom is 0.401 e. The van der Waals surface area contributed by atoms with Crippen molar-refractivity contribution < 1.29 is 13.2 Å². The van der Waals surface area contributed by atoms with E-state index < -0.39 is 18.3 Å². The van der Waals surface area contributed by atoms with Crippen molar-refractivity contribution in [2.75, 3.05) is 19.6 Å². The van der Waals surface area contributed by atoms with Crippen molar-refractivity contribution >= 4 is 0 Å². The monoisotopic (exact) mass is 179 g/mol. The number of nitriles is 1. The zero-order chi connectivity index (χ0) is 9.24. The highest BCUT2D eigenvalue weighted by molar-refractivity contribution is 5.16. The Kier molecular flexibility index (Phi) is 2.26. The van der Waals surface area contributed by atoms with Crippen LogP contribution in [0.15, 0.2) is 0 Å². The molecule has 0 saturated carbocycles. The largest absolute Gasteiger partial charge is 0.401 e. The average molecular weight is 179 g/mol. The number of halogens is 3. The summed E-state index contributed by atoms with van der Waals surface area (Å²) in [5.41, 5.74) is -1.00. The molecule has 1 aliphatic rings. The van der Waals surface area contributed by atoms with Crippen LogP contribution in [0.4, 0.5) is 13.2 Å². The van der Waals surface area contributed by atoms with E-state index in [4.69, 9.17) is 5.26 Å². The van der Waals surface area contributed by atoms with E-state index >= 15 is 0 Å². The molecule has 0 radical (unpaired) electrons. The van der Waals surface area contributed by atoms with Gasteiger partial charge in [-0.2, -0.15) is 18.4 Å². The van der Waals surface area contributed by atoms with E-state index in [1.807, 2.05) is 6.07 Å². The van der Waals surface area contributed by atoms with Crippen molar-refractivity contribution in [1.82, 2.24) is 10.6 Å². The normalized spacial score (nSPS) is 21.2. The van der Waals surface area contributed by atoms with E-state index in [1.54, 1.807) is 0 Å². The second-order valence-corrected chi connectivity index (χ2v) is 2.77. The molecule has 0 spiro atoms. The standard InChI is InChI=1S/C6H8F3N3/c7-6(8,9)4-12-5(1-10)2-11-3-5/h11-12H,2-4H2. The zero-order valence-electron chi connectivity index (χ0n) is 6.20. The van der Waals surface area contributed by atoms with Crippen LogP contribution in [0.3, 0.4) is 0 Å². The smallest absolute Gasteiger partial charge is 0.311 e. The molecular formula is C6H8F3N3. The van der Waals surface area contributed by atoms with Crippen molar-refractivity contribution in [1.29, 1.82) is 5.26 Å². The van der Waals surface area contributed by atoms with Crippen molar-refractivity contribution in [3.63, 3.8) is 0 Å². The van der Waals surface area contributed by atoms with E-state index in [1.165, 1.54) is 0 Å². The second kappa shape index (κ2) is 2.92. The van der Waals surface area contributed by atoms with Gasteiger partial charge in [-0.1, -0.05) is 0 Å². The van der Waals surface area contributed by atoms with E-state index in [9.17, 15) is 13.2 Å². The first-order valence-electron chi connectivity index (χ1n) is 3.41. The zero-order valence-corrected chi connectivity index (χ0v) is 6.20. The Morgan fingerprint density at radius 1 is 1.50 bits per heavy atom. The lowest BCUT2D eigenvalue weighted by Crippen LogP contribution is -2.68. The molecule has 6 heteroatoms. The highest BCUT2D eigenvalue weighted by atomic mass is 19.4. The van der Waals surface area contributed by atoms with Crippen LogP contribution in [0.1, 0.15) is 0 Å². The Balaban J connectivity index is 2.36. The van der Waals surface area contributed by atoms with Gasteiger partial charge in [0.25, 0.3) is 0 Å². The molecule has 0 bridgehead atoms. The number of rotatable bonds is 2. The van der Waals surface area contributed by atoms with Gasteiger partial charge in [0.05, 0.1) is 12.6 Å². The molecule has 0 aromatic heterocycles. The minimum absolute atomic E-state index is 0.277. The summed E-state index contributed by atoms with van der Waals surface area (Å²) in [4.78, 5) is 0. The van der Waals surface area contributed by atoms with Crippen LogP contribution in [0, 0.1) is 11.3 Å². The van der Waals surface area contributed by atoms with Crippen molar-refractivity contribution in [3.05, 3.63) is 0 Å². The third-order valence-electron chi connectivity index (χ3n) is 1.69. The number of hydrogen-bond donors (Lipinski definition) is 2. The molecule has 68 valence electrons. The molecular weight excluding hydrogens is 171 g/mol. The van der Waals surface area contributed by atoms with Crippen LogP contribution in [-0.4, -0.2) is 31.3 Å². The molecule has 12 heavy (non-hydrogen) atoms. The number of alkyl halides is 3. The van der Waals surface area contributed by atoms with Gasteiger partial charge < -0.3 is 5.32 Å². The Hall–Kier alpha value is -0.800. The molecule has 1 aliphatic heterocycles. The Labute approximate surface area is 67.5 Å². The molecule has 0 amide bonds. The van der Waals surface area contributed by atoms with Crippen LogP contribution >= 0.6 is 0 Å². The fourth-order valence-corrected chi connectivity index (χ4v) is 0.888. The third kappa shape index (κ3) is 2.09. The van der Waals surface area contributed by atoms with Crippen LogP contribution in [-0.2, 0) is 0 Å². The summed E-state index contributed by atoms with van der Waals surface area (Å²) >= 11 is 0. The molecule has 1 rings (SSSR count). The molecule has 2 N–H and O–H groups in total. The van der Waals surface area contributed by atoms with E-state index in [2.05, 4.69) is 10.6 Å². The van der Waals surface area contributed by atoms with Gasteiger partial charge in [-0.05, 0) is 0 Å². The maximum absolute atomic E-state index is 11.7. The molecule has 0 aromatic carbocycles. The minimum Gasteiger partial charge on any atom is -0.311 e. The summed E-state index contributed by atoms with van der Waals surface area (Å²) in [6, 6.07) is 1.81. The van der Waals surface area contributed by atoms with E-state index in [0.29, 0.717) is 0 Å². The van der Waals surface area contributed by atoms with Crippen LogP contribution in [0.25, 0.3) is 0 Å². The van der Waals surface area contributed by atoms with E-state index in [0.717, 1.165) is 0 Å². The van der Waals surface area contributed by atoms with Gasteiger partial charge in [-0.25, -0.2) is 0 Å². The lowest BCUT2D eigenvalue weighted by Gasteiger charge is -2.37. The fraction of sp³-hybridized carbons (Fsp3) is 0.833. The number of nitrogens with zero attached hydrogens (tertiary/aromatic N) is 1. The topological polar surface area (TPSA) is 47.9 Å². The van der Waals surface area contributed by atoms with Gasteiger partial charge in [0, 0.05) is 13.1 Å². The SMILES string of the molecule is N#CC1(NCC(F)(F)F)CNC1. The van der Waals surface area contributed by atoms with Crippen molar-refractivity contribution in [2.24, 2.45) is 0 Å². The predicted molar refractivity (Wildman–Crippen MR) is 35.3 cm³/mol. The lowest BCUT2D eigenvalue weighted by molar-refractivity contribution is -0.128.